The molecule has 0 atom stereocenters. The number of ether oxygens (including phenoxy) is 1. The van der Waals surface area contributed by atoms with Gasteiger partial charge in [-0.2, -0.15) is 0 Å². The number of carbonyl (C=O) groups is 1. The molecule has 1 aromatic carbocycles. The number of nitrogens with zero attached hydrogens (tertiary/aromatic N) is 2. The summed E-state index contributed by atoms with van der Waals surface area (Å²) in [5, 5.41) is 8.72. The van der Waals surface area contributed by atoms with E-state index in [4.69, 9.17) is 9.84 Å². The second-order valence-corrected chi connectivity index (χ2v) is 4.48. The van der Waals surface area contributed by atoms with E-state index in [2.05, 4.69) is 0 Å². The van der Waals surface area contributed by atoms with Gasteiger partial charge in [0.15, 0.2) is 11.6 Å². The first-order chi connectivity index (χ1) is 9.10. The number of carboxylic acids is 1. The number of piperazine rings is 1. The Morgan fingerprint density at radius 2 is 2.05 bits per heavy atom. The summed E-state index contributed by atoms with van der Waals surface area (Å²) in [7, 11) is 1.43. The molecule has 6 heteroatoms. The fourth-order valence-electron chi connectivity index (χ4n) is 2.21. The largest absolute Gasteiger partial charge is 0.494 e. The molecule has 0 saturated carbocycles. The predicted molar refractivity (Wildman–Crippen MR) is 69.2 cm³/mol. The maximum Gasteiger partial charge on any atom is 0.317 e. The summed E-state index contributed by atoms with van der Waals surface area (Å²) >= 11 is 0. The molecule has 1 fully saturated rings. The van der Waals surface area contributed by atoms with Gasteiger partial charge in [-0.05, 0) is 12.1 Å². The van der Waals surface area contributed by atoms with E-state index in [0.29, 0.717) is 26.2 Å². The second kappa shape index (κ2) is 5.88. The van der Waals surface area contributed by atoms with Crippen molar-refractivity contribution in [2.75, 3.05) is 44.7 Å². The summed E-state index contributed by atoms with van der Waals surface area (Å²) in [5.41, 5.74) is 0.799. The van der Waals surface area contributed by atoms with E-state index < -0.39 is 5.97 Å². The van der Waals surface area contributed by atoms with Gasteiger partial charge < -0.3 is 14.7 Å². The number of hydrogen-bond acceptors (Lipinski definition) is 4. The first-order valence-corrected chi connectivity index (χ1v) is 6.13. The molecule has 104 valence electrons. The molecule has 1 aliphatic rings. The third-order valence-electron chi connectivity index (χ3n) is 3.23. The first-order valence-electron chi connectivity index (χ1n) is 6.13. The highest BCUT2D eigenvalue weighted by Gasteiger charge is 2.19. The van der Waals surface area contributed by atoms with Crippen molar-refractivity contribution in [3.8, 4) is 5.75 Å². The number of rotatable bonds is 4. The minimum Gasteiger partial charge on any atom is -0.494 e. The van der Waals surface area contributed by atoms with Crippen molar-refractivity contribution in [2.24, 2.45) is 0 Å². The Balaban J connectivity index is 1.97. The van der Waals surface area contributed by atoms with Crippen LogP contribution in [0.2, 0.25) is 0 Å². The molecule has 1 N–H and O–H groups in total. The Bertz CT molecular complexity index is 459. The van der Waals surface area contributed by atoms with Crippen LogP contribution in [0.3, 0.4) is 0 Å². The Morgan fingerprint density at radius 1 is 1.37 bits per heavy atom. The lowest BCUT2D eigenvalue weighted by Crippen LogP contribution is -2.48. The lowest BCUT2D eigenvalue weighted by Gasteiger charge is -2.35. The Labute approximate surface area is 111 Å². The van der Waals surface area contributed by atoms with Gasteiger partial charge in [-0.3, -0.25) is 9.69 Å². The lowest BCUT2D eigenvalue weighted by molar-refractivity contribution is -0.138. The monoisotopic (exact) mass is 268 g/mol. The molecule has 2 rings (SSSR count). The summed E-state index contributed by atoms with van der Waals surface area (Å²) < 4.78 is 18.5. The molecule has 1 aliphatic heterocycles. The van der Waals surface area contributed by atoms with Crippen LogP contribution in [0.1, 0.15) is 0 Å². The molecule has 0 unspecified atom stereocenters. The third-order valence-corrected chi connectivity index (χ3v) is 3.23. The molecule has 0 amide bonds. The molecule has 1 heterocycles. The standard InChI is InChI=1S/C13H17FN2O3/c1-19-12-3-2-10(8-11(12)14)16-6-4-15(5-7-16)9-13(17)18/h2-3,8H,4-7,9H2,1H3,(H,17,18). The van der Waals surface area contributed by atoms with Crippen LogP contribution in [0.4, 0.5) is 10.1 Å². The van der Waals surface area contributed by atoms with Gasteiger partial charge in [0.25, 0.3) is 0 Å². The smallest absolute Gasteiger partial charge is 0.317 e. The van der Waals surface area contributed by atoms with Crippen molar-refractivity contribution in [3.05, 3.63) is 24.0 Å². The van der Waals surface area contributed by atoms with Gasteiger partial charge in [0.2, 0.25) is 0 Å². The molecule has 0 aliphatic carbocycles. The number of halogens is 1. The highest BCUT2D eigenvalue weighted by atomic mass is 19.1. The molecular weight excluding hydrogens is 251 g/mol. The van der Waals surface area contributed by atoms with E-state index in [1.807, 2.05) is 15.9 Å². The number of methoxy groups -OCH3 is 1. The van der Waals surface area contributed by atoms with Crippen LogP contribution in [-0.2, 0) is 4.79 Å². The van der Waals surface area contributed by atoms with Crippen molar-refractivity contribution >= 4 is 11.7 Å². The van der Waals surface area contributed by atoms with Crippen LogP contribution in [0.15, 0.2) is 18.2 Å². The van der Waals surface area contributed by atoms with Gasteiger partial charge in [0.1, 0.15) is 0 Å². The third kappa shape index (κ3) is 3.35. The van der Waals surface area contributed by atoms with E-state index in [1.54, 1.807) is 6.07 Å². The van der Waals surface area contributed by atoms with E-state index in [-0.39, 0.29) is 18.1 Å². The molecular formula is C13H17FN2O3. The Hall–Kier alpha value is -1.82. The molecule has 5 nitrogen and oxygen atoms in total. The summed E-state index contributed by atoms with van der Waals surface area (Å²) in [6, 6.07) is 4.87. The molecule has 0 radical (unpaired) electrons. The summed E-state index contributed by atoms with van der Waals surface area (Å²) in [6.45, 7) is 2.78. The van der Waals surface area contributed by atoms with Gasteiger partial charge in [-0.15, -0.1) is 0 Å². The topological polar surface area (TPSA) is 53.0 Å². The van der Waals surface area contributed by atoms with Crippen molar-refractivity contribution in [1.82, 2.24) is 4.90 Å². The van der Waals surface area contributed by atoms with Crippen LogP contribution in [0.5, 0.6) is 5.75 Å². The maximum atomic E-state index is 13.6. The highest BCUT2D eigenvalue weighted by Crippen LogP contribution is 2.24. The number of hydrogen-bond donors (Lipinski definition) is 1. The van der Waals surface area contributed by atoms with Crippen LogP contribution in [-0.4, -0.2) is 55.8 Å². The van der Waals surface area contributed by atoms with Crippen molar-refractivity contribution < 1.29 is 19.0 Å². The van der Waals surface area contributed by atoms with Gasteiger partial charge in [0.05, 0.1) is 13.7 Å². The zero-order chi connectivity index (χ0) is 13.8. The van der Waals surface area contributed by atoms with Gasteiger partial charge >= 0.3 is 5.97 Å². The Kier molecular flexibility index (Phi) is 4.21. The van der Waals surface area contributed by atoms with E-state index >= 15 is 0 Å². The van der Waals surface area contributed by atoms with Crippen molar-refractivity contribution in [3.63, 3.8) is 0 Å². The summed E-state index contributed by atoms with van der Waals surface area (Å²) in [4.78, 5) is 14.5. The number of benzene rings is 1. The Morgan fingerprint density at radius 3 is 2.58 bits per heavy atom. The second-order valence-electron chi connectivity index (χ2n) is 4.48. The molecule has 0 bridgehead atoms. The summed E-state index contributed by atoms with van der Waals surface area (Å²) in [5.74, 6) is -0.967. The average Bonchev–Trinajstić information content (AvgIpc) is 2.39. The molecule has 19 heavy (non-hydrogen) atoms. The minimum atomic E-state index is -0.816. The highest BCUT2D eigenvalue weighted by molar-refractivity contribution is 5.69. The SMILES string of the molecule is COc1ccc(N2CCN(CC(=O)O)CC2)cc1F. The van der Waals surface area contributed by atoms with Crippen LogP contribution >= 0.6 is 0 Å². The van der Waals surface area contributed by atoms with Crippen molar-refractivity contribution in [2.45, 2.75) is 0 Å². The maximum absolute atomic E-state index is 13.6. The summed E-state index contributed by atoms with van der Waals surface area (Å²) in [6.07, 6.45) is 0. The molecule has 0 spiro atoms. The predicted octanol–water partition coefficient (Wildman–Crippen LogP) is 1.04. The van der Waals surface area contributed by atoms with Gasteiger partial charge in [0, 0.05) is 37.9 Å². The van der Waals surface area contributed by atoms with E-state index in [0.717, 1.165) is 5.69 Å². The average molecular weight is 268 g/mol. The van der Waals surface area contributed by atoms with Gasteiger partial charge in [-0.25, -0.2) is 4.39 Å². The molecule has 0 aromatic heterocycles. The van der Waals surface area contributed by atoms with Crippen LogP contribution in [0, 0.1) is 5.82 Å². The van der Waals surface area contributed by atoms with Crippen LogP contribution < -0.4 is 9.64 Å². The van der Waals surface area contributed by atoms with E-state index in [9.17, 15) is 9.18 Å². The number of aliphatic carboxylic acids is 1. The first kappa shape index (κ1) is 13.6. The quantitative estimate of drug-likeness (QED) is 0.884. The number of anilines is 1. The van der Waals surface area contributed by atoms with Gasteiger partial charge in [-0.1, -0.05) is 0 Å². The normalized spacial score (nSPS) is 16.4. The van der Waals surface area contributed by atoms with Crippen LogP contribution in [0.25, 0.3) is 0 Å². The minimum absolute atomic E-state index is 0.0603. The zero-order valence-electron chi connectivity index (χ0n) is 10.8. The number of carboxylic acid groups (broad SMARTS) is 1. The molecule has 1 aromatic rings. The fraction of sp³-hybridized carbons (Fsp3) is 0.462. The molecule has 1 saturated heterocycles. The fourth-order valence-corrected chi connectivity index (χ4v) is 2.21. The van der Waals surface area contributed by atoms with E-state index in [1.165, 1.54) is 13.2 Å². The zero-order valence-corrected chi connectivity index (χ0v) is 10.8. The van der Waals surface area contributed by atoms with Crippen molar-refractivity contribution in [1.29, 1.82) is 0 Å². The lowest BCUT2D eigenvalue weighted by atomic mass is 10.2.